The van der Waals surface area contributed by atoms with Crippen LogP contribution in [0.2, 0.25) is 5.02 Å². The Morgan fingerprint density at radius 1 is 1.05 bits per heavy atom. The second-order valence-electron chi connectivity index (χ2n) is 10.6. The summed E-state index contributed by atoms with van der Waals surface area (Å²) in [6.45, 7) is 5.49. The summed E-state index contributed by atoms with van der Waals surface area (Å²) in [6.07, 6.45) is 4.94. The smallest absolute Gasteiger partial charge is 0.407 e. The first kappa shape index (κ1) is 27.0. The van der Waals surface area contributed by atoms with Gasteiger partial charge < -0.3 is 15.4 Å². The summed E-state index contributed by atoms with van der Waals surface area (Å²) in [5, 5.41) is 7.27. The van der Waals surface area contributed by atoms with Gasteiger partial charge in [0.25, 0.3) is 10.0 Å². The summed E-state index contributed by atoms with van der Waals surface area (Å²) in [6, 6.07) is 15.5. The van der Waals surface area contributed by atoms with Crippen LogP contribution in [-0.4, -0.2) is 46.1 Å². The van der Waals surface area contributed by atoms with Crippen molar-refractivity contribution in [2.24, 2.45) is 0 Å². The van der Waals surface area contributed by atoms with E-state index < -0.39 is 21.7 Å². The van der Waals surface area contributed by atoms with E-state index in [4.69, 9.17) is 16.3 Å². The first-order chi connectivity index (χ1) is 18.5. The van der Waals surface area contributed by atoms with Gasteiger partial charge in [-0.15, -0.1) is 0 Å². The summed E-state index contributed by atoms with van der Waals surface area (Å²) in [7, 11) is -3.85. The molecule has 1 amide bonds. The van der Waals surface area contributed by atoms with Gasteiger partial charge in [-0.25, -0.2) is 27.2 Å². The number of carbonyl (C=O) groups is 1. The topological polar surface area (TPSA) is 115 Å². The highest BCUT2D eigenvalue weighted by molar-refractivity contribution is 7.90. The third-order valence-electron chi connectivity index (χ3n) is 6.46. The van der Waals surface area contributed by atoms with Gasteiger partial charge in [0, 0.05) is 29.2 Å². The Balaban J connectivity index is 1.41. The van der Waals surface area contributed by atoms with Crippen LogP contribution in [0.5, 0.6) is 0 Å². The SMILES string of the molecule is CC(C)(C)OC(=O)NC1CCC(Nc2ncc(Cl)c(-c3cn(S(=O)(=O)c4ccccc4)c4ccccc34)n2)C1. The van der Waals surface area contributed by atoms with E-state index in [0.29, 0.717) is 39.6 Å². The fourth-order valence-corrected chi connectivity index (χ4v) is 6.35. The molecule has 39 heavy (non-hydrogen) atoms. The molecule has 0 aliphatic heterocycles. The van der Waals surface area contributed by atoms with E-state index in [1.165, 1.54) is 10.2 Å². The maximum atomic E-state index is 13.5. The summed E-state index contributed by atoms with van der Waals surface area (Å²) >= 11 is 6.55. The zero-order chi connectivity index (χ0) is 27.8. The molecule has 1 fully saturated rings. The van der Waals surface area contributed by atoms with Gasteiger partial charge in [0.05, 0.1) is 27.3 Å². The number of nitrogens with zero attached hydrogens (tertiary/aromatic N) is 3. The first-order valence-electron chi connectivity index (χ1n) is 12.7. The minimum absolute atomic E-state index is 0.0229. The quantitative estimate of drug-likeness (QED) is 0.300. The molecule has 9 nitrogen and oxygen atoms in total. The van der Waals surface area contributed by atoms with Gasteiger partial charge in [-0.2, -0.15) is 0 Å². The van der Waals surface area contributed by atoms with Crippen molar-refractivity contribution in [2.75, 3.05) is 5.32 Å². The highest BCUT2D eigenvalue weighted by Gasteiger charge is 2.29. The van der Waals surface area contributed by atoms with Crippen molar-refractivity contribution >= 4 is 44.6 Å². The molecule has 204 valence electrons. The molecule has 1 aliphatic rings. The van der Waals surface area contributed by atoms with Gasteiger partial charge in [0.15, 0.2) is 0 Å². The molecule has 0 saturated heterocycles. The molecule has 2 aromatic carbocycles. The number of ether oxygens (including phenoxy) is 1. The lowest BCUT2D eigenvalue weighted by molar-refractivity contribution is 0.0505. The number of para-hydroxylation sites is 1. The number of nitrogens with one attached hydrogen (secondary N) is 2. The van der Waals surface area contributed by atoms with Gasteiger partial charge >= 0.3 is 6.09 Å². The van der Waals surface area contributed by atoms with Crippen molar-refractivity contribution in [1.29, 1.82) is 0 Å². The Bertz CT molecular complexity index is 1620. The number of hydrogen-bond donors (Lipinski definition) is 2. The van der Waals surface area contributed by atoms with Gasteiger partial charge in [0.1, 0.15) is 5.60 Å². The number of benzene rings is 2. The average molecular weight is 568 g/mol. The standard InChI is InChI=1S/C28H30ClN5O4S/c1-28(2,3)38-27(35)32-19-14-13-18(15-19)31-26-30-16-23(29)25(33-26)22-17-34(24-12-8-7-11-21(22)24)39(36,37)20-9-5-4-6-10-20/h4-12,16-19H,13-15H2,1-3H3,(H,32,35)(H,30,31,33). The Morgan fingerprint density at radius 2 is 1.74 bits per heavy atom. The number of anilines is 1. The monoisotopic (exact) mass is 567 g/mol. The zero-order valence-corrected chi connectivity index (χ0v) is 23.5. The van der Waals surface area contributed by atoms with Gasteiger partial charge in [0.2, 0.25) is 5.95 Å². The van der Waals surface area contributed by atoms with Crippen LogP contribution in [0.25, 0.3) is 22.2 Å². The third kappa shape index (κ3) is 5.86. The fourth-order valence-electron chi connectivity index (χ4n) is 4.77. The second kappa shape index (κ2) is 10.5. The first-order valence-corrected chi connectivity index (χ1v) is 14.5. The molecule has 2 unspecified atom stereocenters. The van der Waals surface area contributed by atoms with Crippen LogP contribution in [0.1, 0.15) is 40.0 Å². The molecule has 2 heterocycles. The molecular formula is C28H30ClN5O4S. The van der Waals surface area contributed by atoms with E-state index in [1.807, 2.05) is 32.9 Å². The number of carbonyl (C=O) groups excluding carboxylic acids is 1. The van der Waals surface area contributed by atoms with E-state index in [2.05, 4.69) is 20.6 Å². The number of fused-ring (bicyclic) bond motifs is 1. The van der Waals surface area contributed by atoms with Crippen molar-refractivity contribution in [2.45, 2.75) is 62.6 Å². The van der Waals surface area contributed by atoms with Crippen LogP contribution in [-0.2, 0) is 14.8 Å². The molecule has 1 saturated carbocycles. The largest absolute Gasteiger partial charge is 0.444 e. The molecule has 0 spiro atoms. The predicted octanol–water partition coefficient (Wildman–Crippen LogP) is 5.85. The summed E-state index contributed by atoms with van der Waals surface area (Å²) in [4.78, 5) is 21.4. The minimum Gasteiger partial charge on any atom is -0.444 e. The molecule has 0 radical (unpaired) electrons. The molecule has 1 aliphatic carbocycles. The molecule has 4 aromatic rings. The summed E-state index contributed by atoms with van der Waals surface area (Å²) in [5.74, 6) is 0.375. The third-order valence-corrected chi connectivity index (χ3v) is 8.43. The van der Waals surface area contributed by atoms with E-state index in [0.717, 1.165) is 12.8 Å². The molecule has 2 N–H and O–H groups in total. The number of halogens is 1. The Hall–Kier alpha value is -3.63. The number of hydrogen-bond acceptors (Lipinski definition) is 7. The van der Waals surface area contributed by atoms with Crippen LogP contribution in [0, 0.1) is 0 Å². The van der Waals surface area contributed by atoms with Crippen LogP contribution in [0.4, 0.5) is 10.7 Å². The van der Waals surface area contributed by atoms with Gasteiger partial charge in [-0.05, 0) is 58.2 Å². The van der Waals surface area contributed by atoms with Crippen molar-refractivity contribution in [3.05, 3.63) is 72.0 Å². The van der Waals surface area contributed by atoms with E-state index in [-0.39, 0.29) is 17.0 Å². The fraction of sp³-hybridized carbons (Fsp3) is 0.321. The molecule has 11 heteroatoms. The van der Waals surface area contributed by atoms with Crippen molar-refractivity contribution < 1.29 is 17.9 Å². The van der Waals surface area contributed by atoms with Crippen LogP contribution < -0.4 is 10.6 Å². The van der Waals surface area contributed by atoms with Crippen molar-refractivity contribution in [1.82, 2.24) is 19.3 Å². The zero-order valence-electron chi connectivity index (χ0n) is 21.9. The lowest BCUT2D eigenvalue weighted by Gasteiger charge is -2.21. The molecule has 0 bridgehead atoms. The van der Waals surface area contributed by atoms with Gasteiger partial charge in [-0.3, -0.25) is 0 Å². The van der Waals surface area contributed by atoms with Crippen molar-refractivity contribution in [3.63, 3.8) is 0 Å². The number of rotatable bonds is 6. The number of amides is 1. The van der Waals surface area contributed by atoms with Crippen LogP contribution in [0.3, 0.4) is 0 Å². The molecule has 2 atom stereocenters. The lowest BCUT2D eigenvalue weighted by atomic mass is 10.1. The minimum atomic E-state index is -3.85. The molecule has 5 rings (SSSR count). The predicted molar refractivity (Wildman–Crippen MR) is 151 cm³/mol. The number of aromatic nitrogens is 3. The Labute approximate surface area is 232 Å². The van der Waals surface area contributed by atoms with Crippen LogP contribution in [0.15, 0.2) is 71.9 Å². The normalized spacial score (nSPS) is 17.7. The average Bonchev–Trinajstić information content (AvgIpc) is 3.49. The van der Waals surface area contributed by atoms with Crippen LogP contribution >= 0.6 is 11.6 Å². The Kier molecular flexibility index (Phi) is 7.26. The molecule has 2 aromatic heterocycles. The highest BCUT2D eigenvalue weighted by Crippen LogP contribution is 2.36. The Morgan fingerprint density at radius 3 is 2.49 bits per heavy atom. The van der Waals surface area contributed by atoms with E-state index >= 15 is 0 Å². The highest BCUT2D eigenvalue weighted by atomic mass is 35.5. The van der Waals surface area contributed by atoms with Crippen molar-refractivity contribution in [3.8, 4) is 11.3 Å². The second-order valence-corrected chi connectivity index (χ2v) is 12.8. The van der Waals surface area contributed by atoms with Gasteiger partial charge in [-0.1, -0.05) is 48.0 Å². The maximum Gasteiger partial charge on any atom is 0.407 e. The maximum absolute atomic E-state index is 13.5. The summed E-state index contributed by atoms with van der Waals surface area (Å²) in [5.41, 5.74) is 0.967. The molecular weight excluding hydrogens is 538 g/mol. The summed E-state index contributed by atoms with van der Waals surface area (Å²) < 4.78 is 33.6. The number of alkyl carbamates (subject to hydrolysis) is 1. The van der Waals surface area contributed by atoms with E-state index in [9.17, 15) is 13.2 Å². The lowest BCUT2D eigenvalue weighted by Crippen LogP contribution is -2.38. The van der Waals surface area contributed by atoms with E-state index in [1.54, 1.807) is 48.7 Å².